The van der Waals surface area contributed by atoms with E-state index in [4.69, 9.17) is 5.26 Å². The zero-order valence-electron chi connectivity index (χ0n) is 7.70. The van der Waals surface area contributed by atoms with Gasteiger partial charge in [-0.2, -0.15) is 5.26 Å². The van der Waals surface area contributed by atoms with E-state index in [1.54, 1.807) is 0 Å². The molecule has 1 aliphatic rings. The molecule has 3 heteroatoms. The Kier molecular flexibility index (Phi) is 2.74. The highest BCUT2D eigenvalue weighted by molar-refractivity contribution is 9.10. The molecule has 1 fully saturated rings. The van der Waals surface area contributed by atoms with Crippen LogP contribution in [-0.2, 0) is 0 Å². The van der Waals surface area contributed by atoms with E-state index in [9.17, 15) is 0 Å². The fourth-order valence-corrected chi connectivity index (χ4v) is 1.68. The molecule has 2 rings (SSSR count). The number of hydrogen-bond acceptors (Lipinski definition) is 2. The van der Waals surface area contributed by atoms with Crippen LogP contribution < -0.4 is 5.32 Å². The molecule has 1 aliphatic carbocycles. The van der Waals surface area contributed by atoms with Gasteiger partial charge in [0.2, 0.25) is 0 Å². The van der Waals surface area contributed by atoms with Gasteiger partial charge in [0.15, 0.2) is 0 Å². The number of anilines is 1. The van der Waals surface area contributed by atoms with Crippen LogP contribution in [0.3, 0.4) is 0 Å². The lowest BCUT2D eigenvalue weighted by molar-refractivity contribution is 0.767. The number of nitriles is 1. The summed E-state index contributed by atoms with van der Waals surface area (Å²) in [4.78, 5) is 0. The van der Waals surface area contributed by atoms with Crippen LogP contribution >= 0.6 is 15.9 Å². The predicted octanol–water partition coefficient (Wildman–Crippen LogP) is 3.16. The second kappa shape index (κ2) is 4.02. The number of halogens is 1. The van der Waals surface area contributed by atoms with Crippen LogP contribution in [-0.4, -0.2) is 6.04 Å². The molecule has 1 atom stereocenters. The van der Waals surface area contributed by atoms with E-state index >= 15 is 0 Å². The Morgan fingerprint density at radius 1 is 1.36 bits per heavy atom. The zero-order chi connectivity index (χ0) is 9.97. The maximum absolute atomic E-state index is 8.93. The quantitative estimate of drug-likeness (QED) is 0.895. The number of nitrogens with one attached hydrogen (secondary N) is 1. The average molecular weight is 251 g/mol. The van der Waals surface area contributed by atoms with Crippen molar-refractivity contribution in [3.8, 4) is 6.07 Å². The first kappa shape index (κ1) is 9.54. The maximum atomic E-state index is 8.93. The molecule has 0 amide bonds. The largest absolute Gasteiger partial charge is 0.370 e. The Labute approximate surface area is 92.1 Å². The molecule has 0 bridgehead atoms. The smallest absolute Gasteiger partial charge is 0.117 e. The van der Waals surface area contributed by atoms with Crippen LogP contribution in [0.4, 0.5) is 5.69 Å². The van der Waals surface area contributed by atoms with Crippen molar-refractivity contribution in [2.45, 2.75) is 18.9 Å². The SMILES string of the molecule is N#CC(Nc1ccc(Br)cc1)C1CC1. The molecule has 2 nitrogen and oxygen atoms in total. The summed E-state index contributed by atoms with van der Waals surface area (Å²) in [7, 11) is 0. The Balaban J connectivity index is 2.02. The molecule has 0 aliphatic heterocycles. The summed E-state index contributed by atoms with van der Waals surface area (Å²) in [5.74, 6) is 0.559. The Hall–Kier alpha value is -1.01. The molecule has 1 aromatic carbocycles. The normalized spacial score (nSPS) is 17.1. The predicted molar refractivity (Wildman–Crippen MR) is 59.9 cm³/mol. The molecule has 0 saturated heterocycles. The van der Waals surface area contributed by atoms with Crippen LogP contribution in [0.2, 0.25) is 0 Å². The molecule has 72 valence electrons. The lowest BCUT2D eigenvalue weighted by Crippen LogP contribution is -2.19. The first-order valence-electron chi connectivity index (χ1n) is 4.71. The third-order valence-corrected chi connectivity index (χ3v) is 2.93. The summed E-state index contributed by atoms with van der Waals surface area (Å²) < 4.78 is 1.06. The molecule has 1 saturated carbocycles. The minimum atomic E-state index is -0.0174. The fraction of sp³-hybridized carbons (Fsp3) is 0.364. The second-order valence-electron chi connectivity index (χ2n) is 3.60. The van der Waals surface area contributed by atoms with E-state index in [0.717, 1.165) is 10.2 Å². The highest BCUT2D eigenvalue weighted by atomic mass is 79.9. The van der Waals surface area contributed by atoms with Crippen LogP contribution in [0.15, 0.2) is 28.7 Å². The Bertz CT molecular complexity index is 349. The maximum Gasteiger partial charge on any atom is 0.117 e. The second-order valence-corrected chi connectivity index (χ2v) is 4.51. The molecule has 0 aromatic heterocycles. The van der Waals surface area contributed by atoms with Crippen LogP contribution in [0, 0.1) is 17.2 Å². The molecular weight excluding hydrogens is 240 g/mol. The molecule has 1 unspecified atom stereocenters. The molecule has 1 N–H and O–H groups in total. The average Bonchev–Trinajstić information content (AvgIpc) is 3.01. The summed E-state index contributed by atoms with van der Waals surface area (Å²) in [5, 5.41) is 12.2. The number of benzene rings is 1. The lowest BCUT2D eigenvalue weighted by Gasteiger charge is -2.11. The Morgan fingerprint density at radius 3 is 2.50 bits per heavy atom. The van der Waals surface area contributed by atoms with Gasteiger partial charge < -0.3 is 5.32 Å². The molecule has 0 spiro atoms. The van der Waals surface area contributed by atoms with Gasteiger partial charge in [-0.1, -0.05) is 15.9 Å². The van der Waals surface area contributed by atoms with Crippen LogP contribution in [0.5, 0.6) is 0 Å². The van der Waals surface area contributed by atoms with Crippen molar-refractivity contribution in [3.63, 3.8) is 0 Å². The van der Waals surface area contributed by atoms with Gasteiger partial charge in [0.1, 0.15) is 6.04 Å². The summed E-state index contributed by atoms with van der Waals surface area (Å²) in [6.45, 7) is 0. The van der Waals surface area contributed by atoms with E-state index in [0.29, 0.717) is 5.92 Å². The van der Waals surface area contributed by atoms with Crippen LogP contribution in [0.25, 0.3) is 0 Å². The summed E-state index contributed by atoms with van der Waals surface area (Å²) in [6, 6.07) is 10.2. The van der Waals surface area contributed by atoms with Gasteiger partial charge in [-0.3, -0.25) is 0 Å². The summed E-state index contributed by atoms with van der Waals surface area (Å²) in [5.41, 5.74) is 1.02. The summed E-state index contributed by atoms with van der Waals surface area (Å²) in [6.07, 6.45) is 2.36. The van der Waals surface area contributed by atoms with Crippen molar-refractivity contribution in [1.29, 1.82) is 5.26 Å². The van der Waals surface area contributed by atoms with Gasteiger partial charge >= 0.3 is 0 Å². The molecule has 0 radical (unpaired) electrons. The zero-order valence-corrected chi connectivity index (χ0v) is 9.29. The highest BCUT2D eigenvalue weighted by Gasteiger charge is 2.31. The first-order chi connectivity index (χ1) is 6.79. The van der Waals surface area contributed by atoms with Gasteiger partial charge in [-0.25, -0.2) is 0 Å². The molecule has 14 heavy (non-hydrogen) atoms. The fourth-order valence-electron chi connectivity index (χ4n) is 1.41. The number of rotatable bonds is 3. The van der Waals surface area contributed by atoms with Gasteiger partial charge in [0.05, 0.1) is 6.07 Å². The van der Waals surface area contributed by atoms with Crippen molar-refractivity contribution >= 4 is 21.6 Å². The minimum Gasteiger partial charge on any atom is -0.370 e. The third kappa shape index (κ3) is 2.27. The highest BCUT2D eigenvalue weighted by Crippen LogP contribution is 2.34. The summed E-state index contributed by atoms with van der Waals surface area (Å²) >= 11 is 3.38. The Morgan fingerprint density at radius 2 is 2.00 bits per heavy atom. The van der Waals surface area contributed by atoms with E-state index in [-0.39, 0.29) is 6.04 Å². The lowest BCUT2D eigenvalue weighted by atomic mass is 10.2. The topological polar surface area (TPSA) is 35.8 Å². The first-order valence-corrected chi connectivity index (χ1v) is 5.50. The minimum absolute atomic E-state index is 0.0174. The van der Waals surface area contributed by atoms with Crippen molar-refractivity contribution in [3.05, 3.63) is 28.7 Å². The molecule has 1 aromatic rings. The van der Waals surface area contributed by atoms with Crippen LogP contribution in [0.1, 0.15) is 12.8 Å². The van der Waals surface area contributed by atoms with Crippen molar-refractivity contribution in [1.82, 2.24) is 0 Å². The van der Waals surface area contributed by atoms with E-state index in [2.05, 4.69) is 27.3 Å². The van der Waals surface area contributed by atoms with E-state index in [1.807, 2.05) is 24.3 Å². The van der Waals surface area contributed by atoms with Gasteiger partial charge in [-0.05, 0) is 43.0 Å². The third-order valence-electron chi connectivity index (χ3n) is 2.40. The molecular formula is C11H11BrN2. The van der Waals surface area contributed by atoms with Gasteiger partial charge in [-0.15, -0.1) is 0 Å². The number of nitrogens with zero attached hydrogens (tertiary/aromatic N) is 1. The van der Waals surface area contributed by atoms with E-state index in [1.165, 1.54) is 12.8 Å². The van der Waals surface area contributed by atoms with E-state index < -0.39 is 0 Å². The van der Waals surface area contributed by atoms with Crippen molar-refractivity contribution in [2.24, 2.45) is 5.92 Å². The van der Waals surface area contributed by atoms with Crippen molar-refractivity contribution < 1.29 is 0 Å². The molecule has 0 heterocycles. The van der Waals surface area contributed by atoms with Crippen molar-refractivity contribution in [2.75, 3.05) is 5.32 Å². The monoisotopic (exact) mass is 250 g/mol. The van der Waals surface area contributed by atoms with Gasteiger partial charge in [0, 0.05) is 10.2 Å². The standard InChI is InChI=1S/C11H11BrN2/c12-9-3-5-10(6-4-9)14-11(7-13)8-1-2-8/h3-6,8,11,14H,1-2H2. The van der Waals surface area contributed by atoms with Gasteiger partial charge in [0.25, 0.3) is 0 Å². The number of hydrogen-bond donors (Lipinski definition) is 1.